The fourth-order valence-electron chi connectivity index (χ4n) is 0.569. The molecule has 1 atom stereocenters. The van der Waals surface area contributed by atoms with Crippen LogP contribution in [0, 0.1) is 0 Å². The molecular weight excluding hydrogens is 214 g/mol. The SMILES string of the molecule is O=[As](O)c1ccc(Cl)cc1. The van der Waals surface area contributed by atoms with Crippen LogP contribution in [0.1, 0.15) is 0 Å². The molecule has 1 unspecified atom stereocenters. The molecule has 1 rings (SSSR count). The summed E-state index contributed by atoms with van der Waals surface area (Å²) in [7, 11) is 0. The standard InChI is InChI=1S/C6H5AsClO2/c8-6-3-1-5(2-4-6)7(9)10/h1-4H,(H,9,10). The van der Waals surface area contributed by atoms with Crippen LogP contribution in [0.4, 0.5) is 0 Å². The van der Waals surface area contributed by atoms with Gasteiger partial charge in [-0.25, -0.2) is 0 Å². The van der Waals surface area contributed by atoms with Crippen molar-refractivity contribution in [3.63, 3.8) is 0 Å². The Bertz CT molecular complexity index is 244. The van der Waals surface area contributed by atoms with E-state index in [1.54, 1.807) is 24.3 Å². The molecule has 0 saturated carbocycles. The molecule has 0 bridgehead atoms. The average molecular weight is 219 g/mol. The van der Waals surface area contributed by atoms with E-state index in [0.29, 0.717) is 9.37 Å². The van der Waals surface area contributed by atoms with E-state index in [-0.39, 0.29) is 0 Å². The van der Waals surface area contributed by atoms with Gasteiger partial charge in [0.15, 0.2) is 0 Å². The third-order valence-electron chi connectivity index (χ3n) is 1.05. The number of hydrogen-bond donors (Lipinski definition) is 1. The van der Waals surface area contributed by atoms with Gasteiger partial charge in [0.25, 0.3) is 0 Å². The van der Waals surface area contributed by atoms with Crippen LogP contribution in [-0.4, -0.2) is 19.0 Å². The van der Waals surface area contributed by atoms with Gasteiger partial charge in [-0.3, -0.25) is 0 Å². The molecule has 53 valence electrons. The second-order valence-electron chi connectivity index (χ2n) is 1.75. The summed E-state index contributed by atoms with van der Waals surface area (Å²) >= 11 is 2.63. The minimum atomic E-state index is -2.92. The number of hydrogen-bond acceptors (Lipinski definition) is 1. The van der Waals surface area contributed by atoms with Gasteiger partial charge in [-0.05, 0) is 0 Å². The van der Waals surface area contributed by atoms with Crippen molar-refractivity contribution < 1.29 is 7.84 Å². The second-order valence-corrected chi connectivity index (χ2v) is 4.41. The van der Waals surface area contributed by atoms with Gasteiger partial charge in [-0.15, -0.1) is 0 Å². The Kier molecular flexibility index (Phi) is 2.61. The van der Waals surface area contributed by atoms with Crippen molar-refractivity contribution in [1.82, 2.24) is 0 Å². The number of halogens is 1. The number of benzene rings is 1. The molecule has 1 N–H and O–H groups in total. The summed E-state index contributed by atoms with van der Waals surface area (Å²) in [6.07, 6.45) is 0. The van der Waals surface area contributed by atoms with Crippen LogP contribution in [0.25, 0.3) is 0 Å². The molecular formula is C6H5AsClO2. The molecule has 0 aliphatic heterocycles. The third-order valence-corrected chi connectivity index (χ3v) is 2.85. The first-order chi connectivity index (χ1) is 4.70. The van der Waals surface area contributed by atoms with Crippen LogP contribution in [0.2, 0.25) is 5.02 Å². The Labute approximate surface area is 68.3 Å². The number of rotatable bonds is 1. The Balaban J connectivity index is 3.00. The molecule has 2 nitrogen and oxygen atoms in total. The van der Waals surface area contributed by atoms with Gasteiger partial charge in [0, 0.05) is 0 Å². The van der Waals surface area contributed by atoms with E-state index in [1.807, 2.05) is 0 Å². The minimum absolute atomic E-state index is 0.483. The van der Waals surface area contributed by atoms with Crippen LogP contribution < -0.4 is 4.35 Å². The average Bonchev–Trinajstić information content (AvgIpc) is 1.88. The normalized spacial score (nSPS) is 11.2. The molecule has 0 aliphatic carbocycles. The summed E-state index contributed by atoms with van der Waals surface area (Å²) in [6.45, 7) is 0. The summed E-state index contributed by atoms with van der Waals surface area (Å²) in [5, 5.41) is 0.583. The Hall–Kier alpha value is -0.172. The van der Waals surface area contributed by atoms with Crippen LogP contribution in [0.5, 0.6) is 0 Å². The molecule has 0 aliphatic rings. The Morgan fingerprint density at radius 2 is 1.80 bits per heavy atom. The summed E-state index contributed by atoms with van der Waals surface area (Å²) in [6, 6.07) is 6.34. The molecule has 0 fully saturated rings. The quantitative estimate of drug-likeness (QED) is 0.697. The van der Waals surface area contributed by atoms with E-state index in [1.165, 1.54) is 0 Å². The molecule has 1 aromatic carbocycles. The molecule has 0 saturated heterocycles. The zero-order valence-electron chi connectivity index (χ0n) is 4.99. The van der Waals surface area contributed by atoms with E-state index in [0.717, 1.165) is 0 Å². The fraction of sp³-hybridized carbons (Fsp3) is 0. The van der Waals surface area contributed by atoms with Crippen molar-refractivity contribution >= 4 is 30.9 Å². The Morgan fingerprint density at radius 3 is 2.20 bits per heavy atom. The maximum atomic E-state index is 10.5. The van der Waals surface area contributed by atoms with Gasteiger partial charge in [0.05, 0.1) is 0 Å². The molecule has 1 radical (unpaired) electrons. The van der Waals surface area contributed by atoms with Crippen LogP contribution in [-0.2, 0) is 3.74 Å². The van der Waals surface area contributed by atoms with Gasteiger partial charge < -0.3 is 0 Å². The van der Waals surface area contributed by atoms with Crippen molar-refractivity contribution in [3.8, 4) is 0 Å². The van der Waals surface area contributed by atoms with Gasteiger partial charge in [-0.1, -0.05) is 0 Å². The monoisotopic (exact) mass is 219 g/mol. The van der Waals surface area contributed by atoms with Crippen molar-refractivity contribution in [2.45, 2.75) is 0 Å². The molecule has 0 heterocycles. The second kappa shape index (κ2) is 3.29. The first-order valence-corrected chi connectivity index (χ1v) is 5.54. The first-order valence-electron chi connectivity index (χ1n) is 2.62. The molecule has 1 aromatic rings. The summed E-state index contributed by atoms with van der Waals surface area (Å²) < 4.78 is 19.6. The van der Waals surface area contributed by atoms with E-state index in [4.69, 9.17) is 15.7 Å². The zero-order chi connectivity index (χ0) is 7.56. The van der Waals surface area contributed by atoms with E-state index in [2.05, 4.69) is 0 Å². The summed E-state index contributed by atoms with van der Waals surface area (Å²) in [4.78, 5) is 0. The first kappa shape index (κ1) is 7.93. The Morgan fingerprint density at radius 1 is 1.30 bits per heavy atom. The van der Waals surface area contributed by atoms with Gasteiger partial charge >= 0.3 is 68.0 Å². The molecule has 0 amide bonds. The van der Waals surface area contributed by atoms with Gasteiger partial charge in [-0.2, -0.15) is 0 Å². The zero-order valence-corrected chi connectivity index (χ0v) is 7.62. The van der Waals surface area contributed by atoms with Gasteiger partial charge in [0.1, 0.15) is 0 Å². The van der Waals surface area contributed by atoms with Crippen LogP contribution in [0.15, 0.2) is 24.3 Å². The molecule has 0 aromatic heterocycles. The van der Waals surface area contributed by atoms with E-state index in [9.17, 15) is 3.74 Å². The topological polar surface area (TPSA) is 37.3 Å². The summed E-state index contributed by atoms with van der Waals surface area (Å²) in [5.74, 6) is 0. The maximum absolute atomic E-state index is 10.5. The van der Waals surface area contributed by atoms with Crippen LogP contribution in [0.3, 0.4) is 0 Å². The predicted molar refractivity (Wildman–Crippen MR) is 39.7 cm³/mol. The van der Waals surface area contributed by atoms with Crippen molar-refractivity contribution in [3.05, 3.63) is 29.3 Å². The van der Waals surface area contributed by atoms with Crippen LogP contribution >= 0.6 is 11.6 Å². The predicted octanol–water partition coefficient (Wildman–Crippen LogP) is 0.458. The van der Waals surface area contributed by atoms with E-state index >= 15 is 0 Å². The van der Waals surface area contributed by atoms with Crippen molar-refractivity contribution in [2.24, 2.45) is 0 Å². The van der Waals surface area contributed by atoms with Crippen molar-refractivity contribution in [2.75, 3.05) is 0 Å². The third kappa shape index (κ3) is 1.91. The van der Waals surface area contributed by atoms with Crippen molar-refractivity contribution in [1.29, 1.82) is 0 Å². The van der Waals surface area contributed by atoms with E-state index < -0.39 is 14.9 Å². The summed E-state index contributed by atoms with van der Waals surface area (Å²) in [5.41, 5.74) is 0. The fourth-order valence-corrected chi connectivity index (χ4v) is 1.54. The van der Waals surface area contributed by atoms with Gasteiger partial charge in [0.2, 0.25) is 0 Å². The molecule has 10 heavy (non-hydrogen) atoms. The molecule has 0 spiro atoms. The molecule has 4 heteroatoms.